The normalized spacial score (nSPS) is 11.7. The van der Waals surface area contributed by atoms with E-state index in [2.05, 4.69) is 50.5 Å². The third-order valence-electron chi connectivity index (χ3n) is 5.25. The Hall–Kier alpha value is -3.48. The van der Waals surface area contributed by atoms with Crippen molar-refractivity contribution in [2.24, 2.45) is 14.1 Å². The van der Waals surface area contributed by atoms with Crippen molar-refractivity contribution in [2.45, 2.75) is 13.8 Å². The van der Waals surface area contributed by atoms with Crippen LogP contribution in [0, 0.1) is 13.8 Å². The van der Waals surface area contributed by atoms with Gasteiger partial charge in [0, 0.05) is 54.3 Å². The SMILES string of the molecule is Cc1nn(C)c(C)c1-c1cnc2[nH]cc(-c3ccc4nnn(C)c4c3)c2c1. The molecule has 0 saturated heterocycles. The van der Waals surface area contributed by atoms with Crippen molar-refractivity contribution in [3.05, 3.63) is 48.0 Å². The Morgan fingerprint density at radius 2 is 1.85 bits per heavy atom. The molecule has 0 spiro atoms. The minimum Gasteiger partial charge on any atom is -0.346 e. The number of fused-ring (bicyclic) bond motifs is 2. The van der Waals surface area contributed by atoms with Gasteiger partial charge in [-0.1, -0.05) is 11.3 Å². The number of rotatable bonds is 2. The Morgan fingerprint density at radius 3 is 2.63 bits per heavy atom. The fourth-order valence-corrected chi connectivity index (χ4v) is 3.77. The van der Waals surface area contributed by atoms with E-state index >= 15 is 0 Å². The monoisotopic (exact) mass is 357 g/mol. The highest BCUT2D eigenvalue weighted by atomic mass is 15.4. The molecule has 0 radical (unpaired) electrons. The molecule has 0 aliphatic carbocycles. The molecule has 7 heteroatoms. The maximum absolute atomic E-state index is 4.64. The van der Waals surface area contributed by atoms with Gasteiger partial charge in [0.1, 0.15) is 11.2 Å². The van der Waals surface area contributed by atoms with Gasteiger partial charge in [0.05, 0.1) is 11.2 Å². The van der Waals surface area contributed by atoms with E-state index in [9.17, 15) is 0 Å². The van der Waals surface area contributed by atoms with Crippen LogP contribution < -0.4 is 0 Å². The first-order chi connectivity index (χ1) is 13.0. The standard InChI is InChI=1S/C20H19N7/c1-11-19(12(2)26(3)24-11)14-7-15-16(10-22-20(15)21-9-14)13-5-6-17-18(8-13)27(4)25-23-17/h5-10H,1-4H3,(H,21,22). The molecule has 0 bridgehead atoms. The number of benzene rings is 1. The molecular formula is C20H19N7. The zero-order valence-corrected chi connectivity index (χ0v) is 15.6. The van der Waals surface area contributed by atoms with E-state index in [1.165, 1.54) is 0 Å². The van der Waals surface area contributed by atoms with E-state index in [1.54, 1.807) is 4.68 Å². The third kappa shape index (κ3) is 2.28. The van der Waals surface area contributed by atoms with Crippen LogP contribution in [0.4, 0.5) is 0 Å². The average Bonchev–Trinajstić information content (AvgIpc) is 3.31. The van der Waals surface area contributed by atoms with Crippen molar-refractivity contribution in [2.75, 3.05) is 0 Å². The van der Waals surface area contributed by atoms with Crippen molar-refractivity contribution in [3.63, 3.8) is 0 Å². The summed E-state index contributed by atoms with van der Waals surface area (Å²) in [4.78, 5) is 7.93. The molecule has 0 aliphatic rings. The van der Waals surface area contributed by atoms with Crippen molar-refractivity contribution in [1.82, 2.24) is 34.7 Å². The summed E-state index contributed by atoms with van der Waals surface area (Å²) in [7, 11) is 3.87. The van der Waals surface area contributed by atoms with Crippen LogP contribution in [-0.4, -0.2) is 34.7 Å². The smallest absolute Gasteiger partial charge is 0.137 e. The summed E-state index contributed by atoms with van der Waals surface area (Å²) in [5.41, 5.74) is 9.35. The predicted octanol–water partition coefficient (Wildman–Crippen LogP) is 3.53. The summed E-state index contributed by atoms with van der Waals surface area (Å²) in [6.45, 7) is 4.12. The predicted molar refractivity (Wildman–Crippen MR) is 105 cm³/mol. The Morgan fingerprint density at radius 1 is 1.00 bits per heavy atom. The molecule has 0 aliphatic heterocycles. The van der Waals surface area contributed by atoms with Gasteiger partial charge in [-0.25, -0.2) is 9.67 Å². The minimum absolute atomic E-state index is 0.871. The first-order valence-electron chi connectivity index (χ1n) is 8.80. The summed E-state index contributed by atoms with van der Waals surface area (Å²) in [5, 5.41) is 13.9. The third-order valence-corrected chi connectivity index (χ3v) is 5.25. The maximum atomic E-state index is 4.64. The van der Waals surface area contributed by atoms with Gasteiger partial charge in [-0.2, -0.15) is 5.10 Å². The Bertz CT molecular complexity index is 1320. The van der Waals surface area contributed by atoms with Gasteiger partial charge in [-0.3, -0.25) is 4.68 Å². The molecule has 0 unspecified atom stereocenters. The molecule has 5 rings (SSSR count). The molecule has 1 N–H and O–H groups in total. The topological polar surface area (TPSA) is 77.2 Å². The number of hydrogen-bond acceptors (Lipinski definition) is 4. The van der Waals surface area contributed by atoms with Crippen molar-refractivity contribution >= 4 is 22.1 Å². The minimum atomic E-state index is 0.871. The van der Waals surface area contributed by atoms with Crippen LogP contribution in [0.15, 0.2) is 36.7 Å². The molecule has 5 aromatic rings. The lowest BCUT2D eigenvalue weighted by Gasteiger charge is -2.05. The number of H-pyrrole nitrogens is 1. The fraction of sp³-hybridized carbons (Fsp3) is 0.200. The van der Waals surface area contributed by atoms with Gasteiger partial charge >= 0.3 is 0 Å². The first-order valence-corrected chi connectivity index (χ1v) is 8.80. The van der Waals surface area contributed by atoms with Crippen molar-refractivity contribution in [1.29, 1.82) is 0 Å². The summed E-state index contributed by atoms with van der Waals surface area (Å²) in [6, 6.07) is 8.39. The van der Waals surface area contributed by atoms with Crippen molar-refractivity contribution < 1.29 is 0 Å². The molecule has 0 amide bonds. The molecule has 134 valence electrons. The van der Waals surface area contributed by atoms with Crippen LogP contribution in [0.3, 0.4) is 0 Å². The molecule has 27 heavy (non-hydrogen) atoms. The summed E-state index contributed by atoms with van der Waals surface area (Å²) >= 11 is 0. The van der Waals surface area contributed by atoms with Crippen LogP contribution in [0.25, 0.3) is 44.3 Å². The zero-order chi connectivity index (χ0) is 18.7. The Labute approximate surface area is 155 Å². The lowest BCUT2D eigenvalue weighted by Crippen LogP contribution is -1.92. The summed E-state index contributed by atoms with van der Waals surface area (Å²) < 4.78 is 3.70. The van der Waals surface area contributed by atoms with E-state index < -0.39 is 0 Å². The number of aromatic nitrogens is 7. The van der Waals surface area contributed by atoms with Crippen molar-refractivity contribution in [3.8, 4) is 22.3 Å². The van der Waals surface area contributed by atoms with Gasteiger partial charge in [-0.05, 0) is 37.6 Å². The first kappa shape index (κ1) is 15.7. The molecule has 4 heterocycles. The number of hydrogen-bond donors (Lipinski definition) is 1. The fourth-order valence-electron chi connectivity index (χ4n) is 3.77. The number of pyridine rings is 1. The quantitative estimate of drug-likeness (QED) is 0.524. The molecular weight excluding hydrogens is 338 g/mol. The van der Waals surface area contributed by atoms with Gasteiger partial charge < -0.3 is 4.98 Å². The Balaban J connectivity index is 1.72. The van der Waals surface area contributed by atoms with Gasteiger partial charge in [-0.15, -0.1) is 5.10 Å². The van der Waals surface area contributed by atoms with E-state index in [-0.39, 0.29) is 0 Å². The van der Waals surface area contributed by atoms with Gasteiger partial charge in [0.25, 0.3) is 0 Å². The van der Waals surface area contributed by atoms with Gasteiger partial charge in [0.2, 0.25) is 0 Å². The molecule has 0 fully saturated rings. The second kappa shape index (κ2) is 5.51. The molecule has 0 saturated carbocycles. The van der Waals surface area contributed by atoms with E-state index in [1.807, 2.05) is 44.2 Å². The molecule has 4 aromatic heterocycles. The number of nitrogens with zero attached hydrogens (tertiary/aromatic N) is 6. The highest BCUT2D eigenvalue weighted by Crippen LogP contribution is 2.33. The van der Waals surface area contributed by atoms with E-state index in [0.29, 0.717) is 0 Å². The number of aryl methyl sites for hydroxylation is 3. The number of aromatic amines is 1. The van der Waals surface area contributed by atoms with E-state index in [0.717, 1.165) is 55.7 Å². The van der Waals surface area contributed by atoms with Crippen LogP contribution >= 0.6 is 0 Å². The second-order valence-electron chi connectivity index (χ2n) is 6.91. The lowest BCUT2D eigenvalue weighted by atomic mass is 10.0. The lowest BCUT2D eigenvalue weighted by molar-refractivity contribution is 0.731. The second-order valence-corrected chi connectivity index (χ2v) is 6.91. The van der Waals surface area contributed by atoms with E-state index in [4.69, 9.17) is 0 Å². The highest BCUT2D eigenvalue weighted by Gasteiger charge is 2.15. The zero-order valence-electron chi connectivity index (χ0n) is 15.6. The van der Waals surface area contributed by atoms with Crippen LogP contribution in [0.2, 0.25) is 0 Å². The summed E-state index contributed by atoms with van der Waals surface area (Å²) in [5.74, 6) is 0. The Kier molecular flexibility index (Phi) is 3.21. The van der Waals surface area contributed by atoms with Crippen LogP contribution in [-0.2, 0) is 14.1 Å². The van der Waals surface area contributed by atoms with Gasteiger partial charge in [0.15, 0.2) is 0 Å². The van der Waals surface area contributed by atoms with Crippen LogP contribution in [0.5, 0.6) is 0 Å². The molecule has 0 atom stereocenters. The highest BCUT2D eigenvalue weighted by molar-refractivity contribution is 5.97. The molecule has 1 aromatic carbocycles. The maximum Gasteiger partial charge on any atom is 0.137 e. The average molecular weight is 357 g/mol. The molecule has 7 nitrogen and oxygen atoms in total. The largest absolute Gasteiger partial charge is 0.346 e. The summed E-state index contributed by atoms with van der Waals surface area (Å²) in [6.07, 6.45) is 3.92. The van der Waals surface area contributed by atoms with Crippen LogP contribution in [0.1, 0.15) is 11.4 Å². The number of nitrogens with one attached hydrogen (secondary N) is 1.